The Morgan fingerprint density at radius 3 is 2.62 bits per heavy atom. The summed E-state index contributed by atoms with van der Waals surface area (Å²) in [6.45, 7) is 5.43. The van der Waals surface area contributed by atoms with Gasteiger partial charge in [0.1, 0.15) is 11.9 Å². The lowest BCUT2D eigenvalue weighted by Crippen LogP contribution is -2.26. The molecule has 0 atom stereocenters. The molecule has 0 spiro atoms. The summed E-state index contributed by atoms with van der Waals surface area (Å²) < 4.78 is 45.4. The van der Waals surface area contributed by atoms with Gasteiger partial charge in [-0.05, 0) is 39.0 Å². The first-order chi connectivity index (χ1) is 11.1. The van der Waals surface area contributed by atoms with Gasteiger partial charge in [-0.1, -0.05) is 0 Å². The molecule has 128 valence electrons. The normalized spacial score (nSPS) is 13.8. The number of fused-ring (bicyclic) bond motifs is 3. The van der Waals surface area contributed by atoms with Gasteiger partial charge in [-0.15, -0.1) is 0 Å². The monoisotopic (exact) mass is 339 g/mol. The molecule has 0 fully saturated rings. The van der Waals surface area contributed by atoms with Gasteiger partial charge in [0.05, 0.1) is 29.2 Å². The molecule has 1 aromatic heterocycles. The summed E-state index contributed by atoms with van der Waals surface area (Å²) in [7, 11) is 0. The number of alkyl halides is 3. The van der Waals surface area contributed by atoms with Crippen LogP contribution in [-0.4, -0.2) is 21.1 Å². The van der Waals surface area contributed by atoms with Crippen molar-refractivity contribution in [3.8, 4) is 5.69 Å². The lowest BCUT2D eigenvalue weighted by molar-refractivity contribution is -0.137. The molecule has 0 saturated carbocycles. The van der Waals surface area contributed by atoms with E-state index >= 15 is 0 Å². The van der Waals surface area contributed by atoms with Crippen LogP contribution >= 0.6 is 0 Å². The second-order valence-electron chi connectivity index (χ2n) is 6.50. The number of hydrogen-bond donors (Lipinski definition) is 1. The summed E-state index contributed by atoms with van der Waals surface area (Å²) >= 11 is 0. The van der Waals surface area contributed by atoms with Gasteiger partial charge in [0, 0.05) is 0 Å². The molecule has 0 amide bonds. The Balaban J connectivity index is 1.98. The third kappa shape index (κ3) is 2.95. The summed E-state index contributed by atoms with van der Waals surface area (Å²) in [6.07, 6.45) is -2.99. The van der Waals surface area contributed by atoms with Crippen LogP contribution in [0.3, 0.4) is 0 Å². The van der Waals surface area contributed by atoms with Crippen LogP contribution in [0.4, 0.5) is 18.9 Å². The van der Waals surface area contributed by atoms with Crippen LogP contribution in [0.25, 0.3) is 5.69 Å². The highest BCUT2D eigenvalue weighted by atomic mass is 19.4. The van der Waals surface area contributed by atoms with Crippen LogP contribution < -0.4 is 5.32 Å². The predicted molar refractivity (Wildman–Crippen MR) is 81.1 cm³/mol. The zero-order chi connectivity index (χ0) is 17.7. The molecule has 0 bridgehead atoms. The van der Waals surface area contributed by atoms with Gasteiger partial charge in [-0.2, -0.15) is 13.2 Å². The molecule has 3 rings (SSSR count). The van der Waals surface area contributed by atoms with Crippen molar-refractivity contribution in [1.29, 1.82) is 0 Å². The van der Waals surface area contributed by atoms with Crippen molar-refractivity contribution < 1.29 is 22.7 Å². The zero-order valence-electron chi connectivity index (χ0n) is 13.4. The SMILES string of the molecule is CC(C)(C)OC(=O)c1ncn2c1CNc1cc(C(F)(F)F)ccc1-2. The van der Waals surface area contributed by atoms with E-state index in [9.17, 15) is 18.0 Å². The van der Waals surface area contributed by atoms with Crippen molar-refractivity contribution in [1.82, 2.24) is 9.55 Å². The first-order valence-electron chi connectivity index (χ1n) is 7.31. The largest absolute Gasteiger partial charge is 0.455 e. The summed E-state index contributed by atoms with van der Waals surface area (Å²) in [6, 6.07) is 3.41. The van der Waals surface area contributed by atoms with Crippen molar-refractivity contribution in [3.05, 3.63) is 41.5 Å². The highest BCUT2D eigenvalue weighted by molar-refractivity contribution is 5.89. The Kier molecular flexibility index (Phi) is 3.58. The van der Waals surface area contributed by atoms with E-state index in [1.165, 1.54) is 12.4 Å². The van der Waals surface area contributed by atoms with E-state index in [0.717, 1.165) is 12.1 Å². The van der Waals surface area contributed by atoms with Crippen LogP contribution in [-0.2, 0) is 17.5 Å². The van der Waals surface area contributed by atoms with Crippen LogP contribution in [0.2, 0.25) is 0 Å². The van der Waals surface area contributed by atoms with E-state index < -0.39 is 23.3 Å². The van der Waals surface area contributed by atoms with Gasteiger partial charge >= 0.3 is 12.1 Å². The predicted octanol–water partition coefficient (Wildman–Crippen LogP) is 3.77. The number of rotatable bonds is 1. The van der Waals surface area contributed by atoms with E-state index in [0.29, 0.717) is 17.1 Å². The fourth-order valence-corrected chi connectivity index (χ4v) is 2.49. The molecule has 1 aliphatic heterocycles. The molecule has 2 heterocycles. The van der Waals surface area contributed by atoms with E-state index in [1.807, 2.05) is 0 Å². The standard InChI is InChI=1S/C16H16F3N3O2/c1-15(2,3)24-14(23)13-12-7-20-10-6-9(16(17,18)19)4-5-11(10)22(12)8-21-13/h4-6,8,20H,7H2,1-3H3. The number of carbonyl (C=O) groups is 1. The van der Waals surface area contributed by atoms with Crippen molar-refractivity contribution in [3.63, 3.8) is 0 Å². The number of carbonyl (C=O) groups excluding carboxylic acids is 1. The van der Waals surface area contributed by atoms with Crippen molar-refractivity contribution in [2.24, 2.45) is 0 Å². The molecule has 0 unspecified atom stereocenters. The number of imidazole rings is 1. The van der Waals surface area contributed by atoms with Gasteiger partial charge in [-0.3, -0.25) is 4.57 Å². The number of aromatic nitrogens is 2. The Morgan fingerprint density at radius 2 is 2.00 bits per heavy atom. The number of hydrogen-bond acceptors (Lipinski definition) is 4. The molecule has 24 heavy (non-hydrogen) atoms. The number of anilines is 1. The van der Waals surface area contributed by atoms with Crippen molar-refractivity contribution in [2.75, 3.05) is 5.32 Å². The minimum absolute atomic E-state index is 0.156. The minimum Gasteiger partial charge on any atom is -0.455 e. The summed E-state index contributed by atoms with van der Waals surface area (Å²) in [4.78, 5) is 16.3. The summed E-state index contributed by atoms with van der Waals surface area (Å²) in [5, 5.41) is 2.91. The number of benzene rings is 1. The molecule has 0 radical (unpaired) electrons. The quantitative estimate of drug-likeness (QED) is 0.804. The van der Waals surface area contributed by atoms with Crippen LogP contribution in [0.1, 0.15) is 42.5 Å². The van der Waals surface area contributed by atoms with Crippen LogP contribution in [0.15, 0.2) is 24.5 Å². The van der Waals surface area contributed by atoms with Gasteiger partial charge < -0.3 is 10.1 Å². The summed E-state index contributed by atoms with van der Waals surface area (Å²) in [5.41, 5.74) is 0.163. The highest BCUT2D eigenvalue weighted by Crippen LogP contribution is 2.36. The van der Waals surface area contributed by atoms with E-state index in [1.54, 1.807) is 25.3 Å². The average molecular weight is 339 g/mol. The molecule has 1 N–H and O–H groups in total. The number of esters is 1. The first-order valence-corrected chi connectivity index (χ1v) is 7.31. The molecule has 5 nitrogen and oxygen atoms in total. The third-order valence-corrected chi connectivity index (χ3v) is 3.49. The zero-order valence-corrected chi connectivity index (χ0v) is 13.4. The number of nitrogens with one attached hydrogen (secondary N) is 1. The molecule has 0 aliphatic carbocycles. The Bertz CT molecular complexity index is 804. The smallest absolute Gasteiger partial charge is 0.416 e. The molecule has 0 saturated heterocycles. The lowest BCUT2D eigenvalue weighted by atomic mass is 10.1. The van der Waals surface area contributed by atoms with E-state index in [-0.39, 0.29) is 12.2 Å². The second-order valence-corrected chi connectivity index (χ2v) is 6.50. The van der Waals surface area contributed by atoms with Gasteiger partial charge in [0.25, 0.3) is 0 Å². The maximum Gasteiger partial charge on any atom is 0.416 e. The first kappa shape index (κ1) is 16.4. The highest BCUT2D eigenvalue weighted by Gasteiger charge is 2.33. The van der Waals surface area contributed by atoms with E-state index in [4.69, 9.17) is 4.74 Å². The second kappa shape index (κ2) is 5.25. The topological polar surface area (TPSA) is 56.1 Å². The maximum absolute atomic E-state index is 12.8. The molecular formula is C16H16F3N3O2. The fraction of sp³-hybridized carbons (Fsp3) is 0.375. The molecule has 1 aromatic carbocycles. The molecular weight excluding hydrogens is 323 g/mol. The molecule has 2 aromatic rings. The van der Waals surface area contributed by atoms with Crippen LogP contribution in [0.5, 0.6) is 0 Å². The fourth-order valence-electron chi connectivity index (χ4n) is 2.49. The van der Waals surface area contributed by atoms with Crippen LogP contribution in [0, 0.1) is 0 Å². The van der Waals surface area contributed by atoms with Gasteiger partial charge in [0.15, 0.2) is 5.69 Å². The average Bonchev–Trinajstić information content (AvgIpc) is 2.88. The maximum atomic E-state index is 12.8. The van der Waals surface area contributed by atoms with E-state index in [2.05, 4.69) is 10.3 Å². The number of ether oxygens (including phenoxy) is 1. The lowest BCUT2D eigenvalue weighted by Gasteiger charge is -2.23. The Hall–Kier alpha value is -2.51. The van der Waals surface area contributed by atoms with Gasteiger partial charge in [0.2, 0.25) is 0 Å². The van der Waals surface area contributed by atoms with Gasteiger partial charge in [-0.25, -0.2) is 9.78 Å². The number of halogens is 3. The molecule has 8 heteroatoms. The Morgan fingerprint density at radius 1 is 1.29 bits per heavy atom. The van der Waals surface area contributed by atoms with Crippen molar-refractivity contribution >= 4 is 11.7 Å². The molecule has 1 aliphatic rings. The van der Waals surface area contributed by atoms with Crippen molar-refractivity contribution in [2.45, 2.75) is 39.1 Å². The third-order valence-electron chi connectivity index (χ3n) is 3.49. The minimum atomic E-state index is -4.41. The summed E-state index contributed by atoms with van der Waals surface area (Å²) in [5.74, 6) is -0.562. The Labute approximate surface area is 136 Å². The number of nitrogens with zero attached hydrogens (tertiary/aromatic N) is 2.